The molecule has 6 nitrogen and oxygen atoms in total. The first-order chi connectivity index (χ1) is 14.0. The standard InChI is InChI=1S/C21H26N2O4S2/c1-14-8-10-18(29-14)17(24)9-11-19(25)27-15(2)20(26)23(21-22-12-13-28-21)16-6-4-3-5-7-16/h8,10,12-13,15-16H,3-7,9,11H2,1-2H3. The molecule has 0 spiro atoms. The highest BCUT2D eigenvalue weighted by Crippen LogP contribution is 2.29. The van der Waals surface area contributed by atoms with Gasteiger partial charge in [-0.3, -0.25) is 19.3 Å². The molecule has 1 amide bonds. The highest BCUT2D eigenvalue weighted by Gasteiger charge is 2.33. The molecule has 156 valence electrons. The summed E-state index contributed by atoms with van der Waals surface area (Å²) in [6.45, 7) is 3.53. The van der Waals surface area contributed by atoms with E-state index < -0.39 is 12.1 Å². The van der Waals surface area contributed by atoms with Crippen molar-refractivity contribution in [3.8, 4) is 0 Å². The maximum atomic E-state index is 13.1. The normalized spacial score (nSPS) is 15.7. The SMILES string of the molecule is Cc1ccc(C(=O)CCC(=O)OC(C)C(=O)N(c2nccs2)C2CCCCC2)s1. The van der Waals surface area contributed by atoms with Crippen LogP contribution in [0.15, 0.2) is 23.7 Å². The van der Waals surface area contributed by atoms with Crippen LogP contribution in [0.2, 0.25) is 0 Å². The number of ketones is 1. The summed E-state index contributed by atoms with van der Waals surface area (Å²) in [5.41, 5.74) is 0. The topological polar surface area (TPSA) is 76.6 Å². The predicted molar refractivity (Wildman–Crippen MR) is 115 cm³/mol. The van der Waals surface area contributed by atoms with Gasteiger partial charge in [0.05, 0.1) is 11.3 Å². The highest BCUT2D eigenvalue weighted by molar-refractivity contribution is 7.14. The molecule has 0 saturated heterocycles. The van der Waals surface area contributed by atoms with Crippen molar-refractivity contribution in [1.82, 2.24) is 4.98 Å². The first-order valence-electron chi connectivity index (χ1n) is 9.97. The van der Waals surface area contributed by atoms with Gasteiger partial charge in [0.25, 0.3) is 5.91 Å². The summed E-state index contributed by atoms with van der Waals surface area (Å²) in [7, 11) is 0. The van der Waals surface area contributed by atoms with Gasteiger partial charge >= 0.3 is 5.97 Å². The number of Topliss-reactive ketones (excluding diaryl/α,β-unsaturated/α-hetero) is 1. The minimum Gasteiger partial charge on any atom is -0.453 e. The van der Waals surface area contributed by atoms with Crippen molar-refractivity contribution in [3.05, 3.63) is 33.5 Å². The fourth-order valence-corrected chi connectivity index (χ4v) is 5.08. The zero-order valence-corrected chi connectivity index (χ0v) is 18.4. The van der Waals surface area contributed by atoms with Crippen molar-refractivity contribution in [2.24, 2.45) is 0 Å². The van der Waals surface area contributed by atoms with Crippen molar-refractivity contribution in [1.29, 1.82) is 0 Å². The molecular weight excluding hydrogens is 408 g/mol. The zero-order chi connectivity index (χ0) is 20.8. The molecule has 1 atom stereocenters. The second kappa shape index (κ2) is 10.1. The Labute approximate surface area is 178 Å². The van der Waals surface area contributed by atoms with Crippen molar-refractivity contribution < 1.29 is 19.1 Å². The summed E-state index contributed by atoms with van der Waals surface area (Å²) in [4.78, 5) is 45.2. The second-order valence-corrected chi connectivity index (χ2v) is 9.44. The number of anilines is 1. The molecule has 3 rings (SSSR count). The Morgan fingerprint density at radius 3 is 2.59 bits per heavy atom. The third-order valence-corrected chi connectivity index (χ3v) is 6.84. The third kappa shape index (κ3) is 5.73. The van der Waals surface area contributed by atoms with Gasteiger partial charge in [0.15, 0.2) is 17.0 Å². The lowest BCUT2D eigenvalue weighted by molar-refractivity contribution is -0.154. The van der Waals surface area contributed by atoms with E-state index in [9.17, 15) is 14.4 Å². The largest absolute Gasteiger partial charge is 0.453 e. The molecule has 1 aliphatic rings. The van der Waals surface area contributed by atoms with Crippen molar-refractivity contribution in [3.63, 3.8) is 0 Å². The lowest BCUT2D eigenvalue weighted by Gasteiger charge is -2.33. The summed E-state index contributed by atoms with van der Waals surface area (Å²) < 4.78 is 5.37. The van der Waals surface area contributed by atoms with Crippen LogP contribution in [0.25, 0.3) is 0 Å². The van der Waals surface area contributed by atoms with E-state index in [-0.39, 0.29) is 30.6 Å². The molecule has 8 heteroatoms. The third-order valence-electron chi connectivity index (χ3n) is 5.03. The maximum absolute atomic E-state index is 13.1. The molecule has 1 unspecified atom stereocenters. The van der Waals surface area contributed by atoms with Gasteiger partial charge in [-0.1, -0.05) is 19.3 Å². The monoisotopic (exact) mass is 434 g/mol. The number of amides is 1. The first-order valence-corrected chi connectivity index (χ1v) is 11.7. The number of carbonyl (C=O) groups excluding carboxylic acids is 3. The number of thiazole rings is 1. The Hall–Kier alpha value is -2.06. The Balaban J connectivity index is 1.57. The van der Waals surface area contributed by atoms with Crippen molar-refractivity contribution in [2.45, 2.75) is 70.9 Å². The van der Waals surface area contributed by atoms with E-state index in [1.807, 2.05) is 18.4 Å². The lowest BCUT2D eigenvalue weighted by Crippen LogP contribution is -2.47. The van der Waals surface area contributed by atoms with Gasteiger partial charge < -0.3 is 4.74 Å². The number of rotatable bonds is 8. The number of esters is 1. The molecule has 1 saturated carbocycles. The van der Waals surface area contributed by atoms with E-state index in [1.54, 1.807) is 24.1 Å². The van der Waals surface area contributed by atoms with Gasteiger partial charge in [-0.05, 0) is 38.8 Å². The highest BCUT2D eigenvalue weighted by atomic mass is 32.1. The smallest absolute Gasteiger partial charge is 0.307 e. The van der Waals surface area contributed by atoms with Crippen molar-refractivity contribution >= 4 is 45.5 Å². The van der Waals surface area contributed by atoms with E-state index >= 15 is 0 Å². The number of thiophene rings is 1. The average Bonchev–Trinajstić information content (AvgIpc) is 3.39. The van der Waals surface area contributed by atoms with Crippen LogP contribution >= 0.6 is 22.7 Å². The van der Waals surface area contributed by atoms with Crippen LogP contribution in [0.1, 0.15) is 66.4 Å². The molecule has 0 N–H and O–H groups in total. The van der Waals surface area contributed by atoms with Crippen LogP contribution in [0.4, 0.5) is 5.13 Å². The average molecular weight is 435 g/mol. The zero-order valence-electron chi connectivity index (χ0n) is 16.8. The maximum Gasteiger partial charge on any atom is 0.307 e. The number of aromatic nitrogens is 1. The summed E-state index contributed by atoms with van der Waals surface area (Å²) in [5, 5.41) is 2.49. The van der Waals surface area contributed by atoms with Crippen LogP contribution < -0.4 is 4.90 Å². The van der Waals surface area contributed by atoms with Gasteiger partial charge in [-0.15, -0.1) is 22.7 Å². The van der Waals surface area contributed by atoms with Gasteiger partial charge in [0, 0.05) is 28.9 Å². The fraction of sp³-hybridized carbons (Fsp3) is 0.524. The fourth-order valence-electron chi connectivity index (χ4n) is 3.53. The minimum absolute atomic E-state index is 0.0336. The molecule has 0 aliphatic heterocycles. The summed E-state index contributed by atoms with van der Waals surface area (Å²) in [6.07, 6.45) is 6.02. The van der Waals surface area contributed by atoms with Gasteiger partial charge in [-0.2, -0.15) is 0 Å². The number of hydrogen-bond donors (Lipinski definition) is 0. The first kappa shape index (κ1) is 21.6. The Morgan fingerprint density at radius 2 is 1.97 bits per heavy atom. The van der Waals surface area contributed by atoms with E-state index in [0.717, 1.165) is 30.6 Å². The number of hydrogen-bond acceptors (Lipinski definition) is 7. The lowest BCUT2D eigenvalue weighted by atomic mass is 9.94. The number of carbonyl (C=O) groups is 3. The van der Waals surface area contributed by atoms with E-state index in [4.69, 9.17) is 4.74 Å². The van der Waals surface area contributed by atoms with Crippen LogP contribution in [-0.2, 0) is 14.3 Å². The quantitative estimate of drug-likeness (QED) is 0.442. The molecule has 2 aromatic rings. The number of aryl methyl sites for hydroxylation is 1. The number of nitrogens with zero attached hydrogens (tertiary/aromatic N) is 2. The van der Waals surface area contributed by atoms with Crippen molar-refractivity contribution in [2.75, 3.05) is 4.90 Å². The molecule has 2 heterocycles. The summed E-state index contributed by atoms with van der Waals surface area (Å²) in [5.74, 6) is -0.860. The van der Waals surface area contributed by atoms with Crippen LogP contribution in [-0.4, -0.2) is 34.8 Å². The summed E-state index contributed by atoms with van der Waals surface area (Å²) in [6, 6.07) is 3.75. The molecule has 0 aromatic carbocycles. The van der Waals surface area contributed by atoms with Crippen LogP contribution in [0, 0.1) is 6.92 Å². The number of ether oxygens (including phenoxy) is 1. The Kier molecular flexibility index (Phi) is 7.55. The molecule has 2 aromatic heterocycles. The van der Waals surface area contributed by atoms with Gasteiger partial charge in [-0.25, -0.2) is 4.98 Å². The molecule has 0 radical (unpaired) electrons. The van der Waals surface area contributed by atoms with Crippen LogP contribution in [0.3, 0.4) is 0 Å². The van der Waals surface area contributed by atoms with Gasteiger partial charge in [0.1, 0.15) is 0 Å². The molecule has 1 aliphatic carbocycles. The van der Waals surface area contributed by atoms with E-state index in [0.29, 0.717) is 10.0 Å². The summed E-state index contributed by atoms with van der Waals surface area (Å²) >= 11 is 2.83. The Bertz CT molecular complexity index is 841. The van der Waals surface area contributed by atoms with E-state index in [1.165, 1.54) is 29.1 Å². The van der Waals surface area contributed by atoms with Crippen LogP contribution in [0.5, 0.6) is 0 Å². The molecule has 29 heavy (non-hydrogen) atoms. The van der Waals surface area contributed by atoms with E-state index in [2.05, 4.69) is 4.98 Å². The minimum atomic E-state index is -0.910. The molecule has 0 bridgehead atoms. The predicted octanol–water partition coefficient (Wildman–Crippen LogP) is 4.77. The van der Waals surface area contributed by atoms with Gasteiger partial charge in [0.2, 0.25) is 0 Å². The second-order valence-electron chi connectivity index (χ2n) is 7.28. The Morgan fingerprint density at radius 1 is 1.21 bits per heavy atom. The molecule has 1 fully saturated rings. The molecular formula is C21H26N2O4S2.